The Balaban J connectivity index is 1.30. The van der Waals surface area contributed by atoms with Gasteiger partial charge < -0.3 is 10.6 Å². The molecule has 152 valence electrons. The molecule has 0 bridgehead atoms. The van der Waals surface area contributed by atoms with E-state index in [-0.39, 0.29) is 0 Å². The summed E-state index contributed by atoms with van der Waals surface area (Å²) in [6, 6.07) is 3.48. The lowest BCUT2D eigenvalue weighted by molar-refractivity contribution is 0.462. The van der Waals surface area contributed by atoms with E-state index >= 15 is 0 Å². The van der Waals surface area contributed by atoms with Gasteiger partial charge in [-0.25, -0.2) is 0 Å². The normalized spacial score (nSPS) is 20.6. The van der Waals surface area contributed by atoms with E-state index in [9.17, 15) is 0 Å². The van der Waals surface area contributed by atoms with Crippen LogP contribution in [-0.4, -0.2) is 38.6 Å². The van der Waals surface area contributed by atoms with Crippen LogP contribution >= 0.6 is 0 Å². The van der Waals surface area contributed by atoms with Gasteiger partial charge in [-0.3, -0.25) is 14.4 Å². The van der Waals surface area contributed by atoms with Crippen molar-refractivity contribution >= 4 is 5.96 Å². The maximum Gasteiger partial charge on any atom is 0.191 e. The maximum absolute atomic E-state index is 4.77. The fourth-order valence-electron chi connectivity index (χ4n) is 4.31. The van der Waals surface area contributed by atoms with Gasteiger partial charge in [0.25, 0.3) is 0 Å². The van der Waals surface area contributed by atoms with Gasteiger partial charge in [-0.1, -0.05) is 12.8 Å². The van der Waals surface area contributed by atoms with Crippen molar-refractivity contribution in [3.8, 4) is 0 Å². The molecule has 0 spiro atoms. The molecule has 0 saturated heterocycles. The molecule has 0 aromatic carbocycles. The number of hydrogen-bond acceptors (Lipinski definition) is 3. The van der Waals surface area contributed by atoms with E-state index < -0.39 is 0 Å². The first kappa shape index (κ1) is 19.0. The minimum absolute atomic E-state index is 0.366. The van der Waals surface area contributed by atoms with E-state index in [1.807, 2.05) is 7.05 Å². The largest absolute Gasteiger partial charge is 0.353 e. The minimum atomic E-state index is 0.366. The van der Waals surface area contributed by atoms with Crippen molar-refractivity contribution in [2.75, 3.05) is 7.05 Å². The summed E-state index contributed by atoms with van der Waals surface area (Å²) in [5.74, 6) is 0.840. The first-order valence-electron chi connectivity index (χ1n) is 10.7. The number of fused-ring (bicyclic) bond motifs is 1. The monoisotopic (exact) mass is 383 g/mol. The number of aliphatic imine (C=N–C) groups is 1. The van der Waals surface area contributed by atoms with Crippen LogP contribution in [0.5, 0.6) is 0 Å². The number of nitrogens with zero attached hydrogens (tertiary/aromatic N) is 5. The molecule has 4 rings (SSSR count). The zero-order chi connectivity index (χ0) is 19.5. The van der Waals surface area contributed by atoms with Crippen molar-refractivity contribution in [3.05, 3.63) is 35.4 Å². The Hall–Kier alpha value is -2.31. The Bertz CT molecular complexity index is 811. The molecule has 1 atom stereocenters. The molecule has 1 unspecified atom stereocenters. The highest BCUT2D eigenvalue weighted by molar-refractivity contribution is 5.80. The molecule has 7 nitrogen and oxygen atoms in total. The zero-order valence-corrected chi connectivity index (χ0v) is 17.4. The molecule has 0 aliphatic heterocycles. The van der Waals surface area contributed by atoms with Gasteiger partial charge in [0.1, 0.15) is 0 Å². The van der Waals surface area contributed by atoms with Crippen LogP contribution in [0.25, 0.3) is 0 Å². The van der Waals surface area contributed by atoms with Gasteiger partial charge in [0.05, 0.1) is 24.0 Å². The summed E-state index contributed by atoms with van der Waals surface area (Å²) in [7, 11) is 1.83. The summed E-state index contributed by atoms with van der Waals surface area (Å²) in [4.78, 5) is 4.41. The molecule has 2 aromatic heterocycles. The van der Waals surface area contributed by atoms with Crippen LogP contribution in [0.1, 0.15) is 75.0 Å². The van der Waals surface area contributed by atoms with Gasteiger partial charge in [0.2, 0.25) is 0 Å². The minimum Gasteiger partial charge on any atom is -0.353 e. The molecule has 1 saturated carbocycles. The number of aromatic nitrogens is 4. The molecule has 28 heavy (non-hydrogen) atoms. The third-order valence-corrected chi connectivity index (χ3v) is 5.99. The van der Waals surface area contributed by atoms with E-state index in [1.165, 1.54) is 36.9 Å². The second-order valence-electron chi connectivity index (χ2n) is 8.41. The predicted octanol–water partition coefficient (Wildman–Crippen LogP) is 3.00. The Morgan fingerprint density at radius 2 is 2.07 bits per heavy atom. The third-order valence-electron chi connectivity index (χ3n) is 5.99. The molecule has 0 amide bonds. The highest BCUT2D eigenvalue weighted by Crippen LogP contribution is 2.28. The van der Waals surface area contributed by atoms with Crippen molar-refractivity contribution in [3.63, 3.8) is 0 Å². The lowest BCUT2D eigenvalue weighted by Crippen LogP contribution is -2.45. The van der Waals surface area contributed by atoms with E-state index in [0.717, 1.165) is 30.9 Å². The van der Waals surface area contributed by atoms with Crippen molar-refractivity contribution in [2.24, 2.45) is 4.99 Å². The third kappa shape index (κ3) is 4.23. The van der Waals surface area contributed by atoms with Crippen molar-refractivity contribution < 1.29 is 0 Å². The molecule has 2 aliphatic carbocycles. The molecule has 2 aromatic rings. The van der Waals surface area contributed by atoms with E-state index in [0.29, 0.717) is 24.7 Å². The quantitative estimate of drug-likeness (QED) is 0.615. The van der Waals surface area contributed by atoms with Crippen molar-refractivity contribution in [1.29, 1.82) is 0 Å². The topological polar surface area (TPSA) is 72.1 Å². The fourth-order valence-corrected chi connectivity index (χ4v) is 4.31. The first-order chi connectivity index (χ1) is 13.6. The number of nitrogens with one attached hydrogen (secondary N) is 2. The highest BCUT2D eigenvalue weighted by atomic mass is 15.3. The van der Waals surface area contributed by atoms with Gasteiger partial charge in [0.15, 0.2) is 5.96 Å². The molecular weight excluding hydrogens is 350 g/mol. The Morgan fingerprint density at radius 3 is 2.82 bits per heavy atom. The second kappa shape index (κ2) is 8.37. The average molecular weight is 384 g/mol. The second-order valence-corrected chi connectivity index (χ2v) is 8.41. The van der Waals surface area contributed by atoms with Crippen molar-refractivity contribution in [2.45, 2.75) is 83.5 Å². The number of rotatable bonds is 5. The van der Waals surface area contributed by atoms with Crippen LogP contribution in [0.2, 0.25) is 0 Å². The van der Waals surface area contributed by atoms with Gasteiger partial charge in [-0.15, -0.1) is 0 Å². The molecule has 2 aliphatic rings. The van der Waals surface area contributed by atoms with Gasteiger partial charge >= 0.3 is 0 Å². The smallest absolute Gasteiger partial charge is 0.191 e. The van der Waals surface area contributed by atoms with Gasteiger partial charge in [-0.05, 0) is 51.2 Å². The summed E-state index contributed by atoms with van der Waals surface area (Å²) in [5.41, 5.74) is 3.69. The fraction of sp³-hybridized carbons (Fsp3) is 0.667. The highest BCUT2D eigenvalue weighted by Gasteiger charge is 2.23. The molecular formula is C21H33N7. The lowest BCUT2D eigenvalue weighted by atomic mass is 9.94. The standard InChI is InChI=1S/C21H33N7/c1-15(2)28-14-16-8-9-17(12-20(16)26-28)24-21(22-3)23-13-18-10-11-27(25-18)19-6-4-5-7-19/h10-11,14-15,17,19H,4-9,12-13H2,1-3H3,(H2,22,23,24). The predicted molar refractivity (Wildman–Crippen MR) is 111 cm³/mol. The Morgan fingerprint density at radius 1 is 1.25 bits per heavy atom. The number of guanidine groups is 1. The lowest BCUT2D eigenvalue weighted by Gasteiger charge is -2.24. The molecule has 2 N–H and O–H groups in total. The summed E-state index contributed by atoms with van der Waals surface area (Å²) >= 11 is 0. The molecule has 2 heterocycles. The van der Waals surface area contributed by atoms with Crippen LogP contribution < -0.4 is 10.6 Å². The first-order valence-corrected chi connectivity index (χ1v) is 10.7. The summed E-state index contributed by atoms with van der Waals surface area (Å²) in [6.07, 6.45) is 12.6. The van der Waals surface area contributed by atoms with Crippen LogP contribution in [-0.2, 0) is 19.4 Å². The average Bonchev–Trinajstić information content (AvgIpc) is 3.44. The van der Waals surface area contributed by atoms with E-state index in [2.05, 4.69) is 57.3 Å². The van der Waals surface area contributed by atoms with Crippen LogP contribution in [0.15, 0.2) is 23.5 Å². The molecule has 1 fully saturated rings. The number of aryl methyl sites for hydroxylation is 1. The van der Waals surface area contributed by atoms with Gasteiger partial charge in [0, 0.05) is 37.9 Å². The van der Waals surface area contributed by atoms with Crippen LogP contribution in [0, 0.1) is 0 Å². The molecule has 0 radical (unpaired) electrons. The van der Waals surface area contributed by atoms with Gasteiger partial charge in [-0.2, -0.15) is 10.2 Å². The van der Waals surface area contributed by atoms with E-state index in [4.69, 9.17) is 10.2 Å². The Kier molecular flexibility index (Phi) is 5.69. The van der Waals surface area contributed by atoms with E-state index in [1.54, 1.807) is 0 Å². The van der Waals surface area contributed by atoms with Crippen molar-refractivity contribution in [1.82, 2.24) is 30.2 Å². The van der Waals surface area contributed by atoms with Crippen LogP contribution in [0.4, 0.5) is 0 Å². The summed E-state index contributed by atoms with van der Waals surface area (Å²) in [6.45, 7) is 5.04. The Labute approximate surface area is 167 Å². The maximum atomic E-state index is 4.77. The molecule has 7 heteroatoms. The zero-order valence-electron chi connectivity index (χ0n) is 17.4. The number of hydrogen-bond donors (Lipinski definition) is 2. The van der Waals surface area contributed by atoms with Crippen LogP contribution in [0.3, 0.4) is 0 Å². The summed E-state index contributed by atoms with van der Waals surface area (Å²) < 4.78 is 4.23. The SMILES string of the molecule is CN=C(NCc1ccn(C2CCCC2)n1)NC1CCc2cn(C(C)C)nc2C1. The summed E-state index contributed by atoms with van der Waals surface area (Å²) in [5, 5.41) is 16.5.